The second-order valence-electron chi connectivity index (χ2n) is 4.00. The fraction of sp³-hybridized carbons (Fsp3) is 0.545. The maximum atomic E-state index is 5.73. The van der Waals surface area contributed by atoms with Gasteiger partial charge in [-0.25, -0.2) is 0 Å². The molecule has 0 aromatic carbocycles. The van der Waals surface area contributed by atoms with Crippen LogP contribution < -0.4 is 5.73 Å². The molecule has 2 rings (SSSR count). The van der Waals surface area contributed by atoms with Gasteiger partial charge in [-0.1, -0.05) is 6.92 Å². The minimum atomic E-state index is 0.736. The van der Waals surface area contributed by atoms with Gasteiger partial charge in [0.2, 0.25) is 0 Å². The smallest absolute Gasteiger partial charge is 0.0564 e. The molecule has 1 fully saturated rings. The molecule has 15 heavy (non-hydrogen) atoms. The molecular formula is C11H17N3S. The number of nitrogens with two attached hydrogens (primary N) is 1. The third-order valence-corrected chi connectivity index (χ3v) is 3.69. The Morgan fingerprint density at radius 3 is 3.27 bits per heavy atom. The summed E-state index contributed by atoms with van der Waals surface area (Å²) >= 11 is 2.05. The monoisotopic (exact) mass is 223 g/mol. The van der Waals surface area contributed by atoms with E-state index in [1.165, 1.54) is 5.75 Å². The molecule has 1 aromatic rings. The molecule has 2 N–H and O–H groups in total. The summed E-state index contributed by atoms with van der Waals surface area (Å²) in [6, 6.07) is 3.80. The standard InChI is InChI=1S/C11H17N3S/c1-9-7-14(4-5-15-9)8-11-6-10(12)2-3-13-11/h2-3,6,9H,4-5,7-8H2,1H3,(H2,12,13). The molecule has 1 aromatic heterocycles. The summed E-state index contributed by atoms with van der Waals surface area (Å²) in [6.45, 7) is 5.52. The van der Waals surface area contributed by atoms with Crippen LogP contribution >= 0.6 is 11.8 Å². The zero-order valence-electron chi connectivity index (χ0n) is 9.02. The maximum Gasteiger partial charge on any atom is 0.0564 e. The molecule has 1 aliphatic heterocycles. The Balaban J connectivity index is 1.96. The van der Waals surface area contributed by atoms with E-state index in [0.29, 0.717) is 0 Å². The van der Waals surface area contributed by atoms with Crippen molar-refractivity contribution in [3.05, 3.63) is 24.0 Å². The van der Waals surface area contributed by atoms with Gasteiger partial charge < -0.3 is 5.73 Å². The highest BCUT2D eigenvalue weighted by molar-refractivity contribution is 7.99. The second kappa shape index (κ2) is 4.86. The average Bonchev–Trinajstić information content (AvgIpc) is 2.17. The van der Waals surface area contributed by atoms with Crippen LogP contribution in [0.2, 0.25) is 0 Å². The molecule has 3 nitrogen and oxygen atoms in total. The van der Waals surface area contributed by atoms with E-state index in [1.807, 2.05) is 23.9 Å². The van der Waals surface area contributed by atoms with E-state index in [-0.39, 0.29) is 0 Å². The van der Waals surface area contributed by atoms with Gasteiger partial charge in [0.05, 0.1) is 5.69 Å². The molecule has 4 heteroatoms. The molecule has 0 aliphatic carbocycles. The second-order valence-corrected chi connectivity index (χ2v) is 5.54. The molecule has 0 amide bonds. The van der Waals surface area contributed by atoms with Gasteiger partial charge in [-0.3, -0.25) is 9.88 Å². The number of rotatable bonds is 2. The first kappa shape index (κ1) is 10.8. The van der Waals surface area contributed by atoms with Crippen LogP contribution in [0.4, 0.5) is 5.69 Å². The van der Waals surface area contributed by atoms with Gasteiger partial charge >= 0.3 is 0 Å². The normalized spacial score (nSPS) is 22.9. The molecule has 1 aliphatic rings. The Kier molecular flexibility index (Phi) is 3.49. The number of pyridine rings is 1. The lowest BCUT2D eigenvalue weighted by Crippen LogP contribution is -2.36. The number of nitrogens with zero attached hydrogens (tertiary/aromatic N) is 2. The van der Waals surface area contributed by atoms with E-state index in [0.717, 1.165) is 36.3 Å². The van der Waals surface area contributed by atoms with Crippen molar-refractivity contribution >= 4 is 17.4 Å². The van der Waals surface area contributed by atoms with Crippen molar-refractivity contribution < 1.29 is 0 Å². The first-order valence-electron chi connectivity index (χ1n) is 5.28. The van der Waals surface area contributed by atoms with Crippen LogP contribution in [-0.4, -0.2) is 34.0 Å². The lowest BCUT2D eigenvalue weighted by atomic mass is 10.3. The largest absolute Gasteiger partial charge is 0.399 e. The Morgan fingerprint density at radius 1 is 1.67 bits per heavy atom. The number of hydrogen-bond donors (Lipinski definition) is 1. The Bertz CT molecular complexity index is 329. The van der Waals surface area contributed by atoms with E-state index in [4.69, 9.17) is 5.73 Å². The minimum absolute atomic E-state index is 0.736. The third-order valence-electron chi connectivity index (χ3n) is 2.55. The summed E-state index contributed by atoms with van der Waals surface area (Å²) in [5, 5.41) is 0.736. The van der Waals surface area contributed by atoms with E-state index in [9.17, 15) is 0 Å². The van der Waals surface area contributed by atoms with Gasteiger partial charge in [0.25, 0.3) is 0 Å². The highest BCUT2D eigenvalue weighted by atomic mass is 32.2. The molecule has 0 spiro atoms. The van der Waals surface area contributed by atoms with Crippen molar-refractivity contribution in [2.75, 3.05) is 24.6 Å². The van der Waals surface area contributed by atoms with Gasteiger partial charge in [-0.05, 0) is 12.1 Å². The predicted octanol–water partition coefficient (Wildman–Crippen LogP) is 1.60. The zero-order valence-corrected chi connectivity index (χ0v) is 9.83. The zero-order chi connectivity index (χ0) is 10.7. The summed E-state index contributed by atoms with van der Waals surface area (Å²) in [5.41, 5.74) is 7.61. The van der Waals surface area contributed by atoms with Gasteiger partial charge in [-0.2, -0.15) is 11.8 Å². The van der Waals surface area contributed by atoms with E-state index < -0.39 is 0 Å². The molecular weight excluding hydrogens is 206 g/mol. The number of anilines is 1. The summed E-state index contributed by atoms with van der Waals surface area (Å²) < 4.78 is 0. The SMILES string of the molecule is CC1CN(Cc2cc(N)ccn2)CCS1. The van der Waals surface area contributed by atoms with Crippen LogP contribution in [0.5, 0.6) is 0 Å². The van der Waals surface area contributed by atoms with Crippen LogP contribution in [0.1, 0.15) is 12.6 Å². The predicted molar refractivity (Wildman–Crippen MR) is 65.8 cm³/mol. The molecule has 1 atom stereocenters. The van der Waals surface area contributed by atoms with Crippen LogP contribution in [0.25, 0.3) is 0 Å². The fourth-order valence-electron chi connectivity index (χ4n) is 1.85. The van der Waals surface area contributed by atoms with E-state index >= 15 is 0 Å². The van der Waals surface area contributed by atoms with Gasteiger partial charge in [0.15, 0.2) is 0 Å². The lowest BCUT2D eigenvalue weighted by Gasteiger charge is -2.30. The quantitative estimate of drug-likeness (QED) is 0.827. The number of nitrogen functional groups attached to an aromatic ring is 1. The number of thioether (sulfide) groups is 1. The van der Waals surface area contributed by atoms with Crippen LogP contribution in [0, 0.1) is 0 Å². The van der Waals surface area contributed by atoms with Crippen LogP contribution in [-0.2, 0) is 6.54 Å². The maximum absolute atomic E-state index is 5.73. The van der Waals surface area contributed by atoms with Crippen molar-refractivity contribution in [1.29, 1.82) is 0 Å². The fourth-order valence-corrected chi connectivity index (χ4v) is 2.93. The molecule has 1 saturated heterocycles. The molecule has 1 unspecified atom stereocenters. The summed E-state index contributed by atoms with van der Waals surface area (Å²) in [7, 11) is 0. The van der Waals surface area contributed by atoms with Crippen molar-refractivity contribution in [3.8, 4) is 0 Å². The summed E-state index contributed by atoms with van der Waals surface area (Å²) in [5.74, 6) is 1.23. The van der Waals surface area contributed by atoms with Crippen molar-refractivity contribution in [3.63, 3.8) is 0 Å². The van der Waals surface area contributed by atoms with Gasteiger partial charge in [0, 0.05) is 42.5 Å². The third kappa shape index (κ3) is 3.11. The molecule has 0 saturated carbocycles. The minimum Gasteiger partial charge on any atom is -0.399 e. The first-order valence-corrected chi connectivity index (χ1v) is 6.33. The van der Waals surface area contributed by atoms with Gasteiger partial charge in [0.1, 0.15) is 0 Å². The summed E-state index contributed by atoms with van der Waals surface area (Å²) in [6.07, 6.45) is 1.78. The molecule has 82 valence electrons. The number of hydrogen-bond acceptors (Lipinski definition) is 4. The number of aromatic nitrogens is 1. The molecule has 0 bridgehead atoms. The van der Waals surface area contributed by atoms with Crippen LogP contribution in [0.3, 0.4) is 0 Å². The highest BCUT2D eigenvalue weighted by Crippen LogP contribution is 2.19. The van der Waals surface area contributed by atoms with Crippen molar-refractivity contribution in [1.82, 2.24) is 9.88 Å². The Labute approximate surface area is 95.1 Å². The molecule has 2 heterocycles. The molecule has 0 radical (unpaired) electrons. The van der Waals surface area contributed by atoms with E-state index in [2.05, 4.69) is 16.8 Å². The highest BCUT2D eigenvalue weighted by Gasteiger charge is 2.16. The van der Waals surface area contributed by atoms with Crippen LogP contribution in [0.15, 0.2) is 18.3 Å². The topological polar surface area (TPSA) is 42.1 Å². The van der Waals surface area contributed by atoms with Gasteiger partial charge in [-0.15, -0.1) is 0 Å². The first-order chi connectivity index (χ1) is 7.24. The Morgan fingerprint density at radius 2 is 2.53 bits per heavy atom. The van der Waals surface area contributed by atoms with Crippen molar-refractivity contribution in [2.45, 2.75) is 18.7 Å². The summed E-state index contributed by atoms with van der Waals surface area (Å²) in [4.78, 5) is 6.78. The average molecular weight is 223 g/mol. The van der Waals surface area contributed by atoms with Crippen molar-refractivity contribution in [2.24, 2.45) is 0 Å². The Hall–Kier alpha value is -0.740. The van der Waals surface area contributed by atoms with E-state index in [1.54, 1.807) is 6.20 Å². The lowest BCUT2D eigenvalue weighted by molar-refractivity contribution is 0.275.